The summed E-state index contributed by atoms with van der Waals surface area (Å²) in [6, 6.07) is 2.16. The van der Waals surface area contributed by atoms with Gasteiger partial charge in [-0.3, -0.25) is 0 Å². The van der Waals surface area contributed by atoms with Crippen LogP contribution in [-0.4, -0.2) is 33.8 Å². The lowest BCUT2D eigenvalue weighted by molar-refractivity contribution is 0.315. The van der Waals surface area contributed by atoms with Crippen molar-refractivity contribution in [2.75, 3.05) is 0 Å². The zero-order valence-corrected chi connectivity index (χ0v) is 20.8. The fourth-order valence-corrected chi connectivity index (χ4v) is 21.6. The molecule has 0 aliphatic rings. The van der Waals surface area contributed by atoms with Crippen LogP contribution in [-0.2, 0) is 12.3 Å². The Morgan fingerprint density at radius 2 is 0.955 bits per heavy atom. The van der Waals surface area contributed by atoms with Crippen molar-refractivity contribution >= 4 is 33.8 Å². The maximum Gasteiger partial charge on any atom is 0.315 e. The van der Waals surface area contributed by atoms with Crippen LogP contribution < -0.4 is 0 Å². The summed E-state index contributed by atoms with van der Waals surface area (Å²) < 4.78 is 20.0. The van der Waals surface area contributed by atoms with Gasteiger partial charge in [0, 0.05) is 0 Å². The van der Waals surface area contributed by atoms with E-state index in [-0.39, 0.29) is 0 Å². The standard InChI is InChI=1S/C15H40O3Si4/c1-11-13-15-22(10,17-20(6,7)8)18-21(9,14-12-2)16-19(3,4)5/h11-15H2,1-10H3. The van der Waals surface area contributed by atoms with Crippen molar-refractivity contribution < 1.29 is 12.3 Å². The minimum atomic E-state index is -2.16. The zero-order chi connectivity index (χ0) is 17.7. The lowest BCUT2D eigenvalue weighted by Crippen LogP contribution is -2.58. The van der Waals surface area contributed by atoms with Crippen molar-refractivity contribution in [2.24, 2.45) is 0 Å². The predicted molar refractivity (Wildman–Crippen MR) is 108 cm³/mol. The van der Waals surface area contributed by atoms with E-state index in [4.69, 9.17) is 12.3 Å². The van der Waals surface area contributed by atoms with Gasteiger partial charge in [-0.1, -0.05) is 33.1 Å². The van der Waals surface area contributed by atoms with Crippen LogP contribution in [0.25, 0.3) is 0 Å². The first-order chi connectivity index (χ1) is 9.74. The molecule has 0 aromatic rings. The summed E-state index contributed by atoms with van der Waals surface area (Å²) in [6.07, 6.45) is 3.51. The van der Waals surface area contributed by atoms with Gasteiger partial charge in [-0.15, -0.1) is 0 Å². The lowest BCUT2D eigenvalue weighted by Gasteiger charge is -2.42. The van der Waals surface area contributed by atoms with E-state index in [1.165, 1.54) is 12.8 Å². The van der Waals surface area contributed by atoms with Crippen molar-refractivity contribution in [2.45, 2.75) is 97.6 Å². The smallest absolute Gasteiger partial charge is 0.315 e. The van der Waals surface area contributed by atoms with Crippen LogP contribution in [0.4, 0.5) is 0 Å². The molecular formula is C15H40O3Si4. The topological polar surface area (TPSA) is 27.7 Å². The molecule has 0 aliphatic carbocycles. The summed E-state index contributed by atoms with van der Waals surface area (Å²) in [6.45, 7) is 22.6. The van der Waals surface area contributed by atoms with Gasteiger partial charge in [-0.25, -0.2) is 0 Å². The molecule has 0 radical (unpaired) electrons. The molecule has 2 atom stereocenters. The molecule has 0 aromatic carbocycles. The molecule has 0 aliphatic heterocycles. The second kappa shape index (κ2) is 8.73. The molecule has 0 fully saturated rings. The predicted octanol–water partition coefficient (Wildman–Crippen LogP) is 6.06. The largest absolute Gasteiger partial charge is 0.437 e. The molecule has 0 N–H and O–H groups in total. The fraction of sp³-hybridized carbons (Fsp3) is 1.00. The Hall–Kier alpha value is 0.748. The highest BCUT2D eigenvalue weighted by atomic mass is 28.5. The quantitative estimate of drug-likeness (QED) is 0.408. The maximum absolute atomic E-state index is 6.82. The summed E-state index contributed by atoms with van der Waals surface area (Å²) in [4.78, 5) is 0. The third-order valence-corrected chi connectivity index (χ3v) is 17.6. The van der Waals surface area contributed by atoms with E-state index in [0.29, 0.717) is 0 Å². The Morgan fingerprint density at radius 3 is 1.27 bits per heavy atom. The highest BCUT2D eigenvalue weighted by molar-refractivity contribution is 6.89. The van der Waals surface area contributed by atoms with E-state index in [2.05, 4.69) is 66.2 Å². The second-order valence-corrected chi connectivity index (χ2v) is 25.1. The highest BCUT2D eigenvalue weighted by Crippen LogP contribution is 2.30. The average Bonchev–Trinajstić information content (AvgIpc) is 2.20. The van der Waals surface area contributed by atoms with E-state index in [1.54, 1.807) is 0 Å². The zero-order valence-electron chi connectivity index (χ0n) is 16.8. The molecule has 22 heavy (non-hydrogen) atoms. The normalized spacial score (nSPS) is 18.8. The minimum Gasteiger partial charge on any atom is -0.437 e. The van der Waals surface area contributed by atoms with Crippen LogP contribution >= 0.6 is 0 Å². The van der Waals surface area contributed by atoms with Crippen LogP contribution in [0.2, 0.25) is 64.5 Å². The van der Waals surface area contributed by atoms with Gasteiger partial charge < -0.3 is 12.3 Å². The summed E-state index contributed by atoms with van der Waals surface area (Å²) in [7, 11) is -7.52. The number of rotatable bonds is 11. The van der Waals surface area contributed by atoms with Crippen LogP contribution in [0.15, 0.2) is 0 Å². The van der Waals surface area contributed by atoms with Crippen LogP contribution in [0, 0.1) is 0 Å². The molecule has 0 saturated heterocycles. The van der Waals surface area contributed by atoms with Gasteiger partial charge in [0.25, 0.3) is 0 Å². The molecular weight excluding hydrogens is 341 g/mol. The highest BCUT2D eigenvalue weighted by Gasteiger charge is 2.46. The molecule has 0 aromatic heterocycles. The number of unbranched alkanes of at least 4 members (excludes halogenated alkanes) is 1. The Bertz CT molecular complexity index is 328. The Kier molecular flexibility index (Phi) is 9.03. The third kappa shape index (κ3) is 10.5. The van der Waals surface area contributed by atoms with Crippen molar-refractivity contribution in [3.63, 3.8) is 0 Å². The lowest BCUT2D eigenvalue weighted by atomic mass is 10.4. The van der Waals surface area contributed by atoms with Gasteiger partial charge in [-0.05, 0) is 64.5 Å². The fourth-order valence-electron chi connectivity index (χ4n) is 2.95. The Balaban J connectivity index is 5.26. The molecule has 3 nitrogen and oxygen atoms in total. The number of hydrogen-bond donors (Lipinski definition) is 0. The van der Waals surface area contributed by atoms with E-state index in [0.717, 1.165) is 18.5 Å². The molecule has 134 valence electrons. The first-order valence-corrected chi connectivity index (χ1v) is 20.7. The molecule has 7 heteroatoms. The van der Waals surface area contributed by atoms with Crippen molar-refractivity contribution in [3.05, 3.63) is 0 Å². The molecule has 0 spiro atoms. The number of hydrogen-bond acceptors (Lipinski definition) is 3. The maximum atomic E-state index is 6.82. The Morgan fingerprint density at radius 1 is 0.545 bits per heavy atom. The summed E-state index contributed by atoms with van der Waals surface area (Å²) in [5, 5.41) is 0. The first-order valence-electron chi connectivity index (χ1n) is 8.85. The van der Waals surface area contributed by atoms with Gasteiger partial charge in [0.05, 0.1) is 0 Å². The van der Waals surface area contributed by atoms with Crippen LogP contribution in [0.5, 0.6) is 0 Å². The molecule has 0 bridgehead atoms. The first kappa shape index (κ1) is 22.7. The van der Waals surface area contributed by atoms with Gasteiger partial charge in [0.15, 0.2) is 16.6 Å². The average molecular weight is 381 g/mol. The molecule has 0 rings (SSSR count). The van der Waals surface area contributed by atoms with Crippen LogP contribution in [0.3, 0.4) is 0 Å². The van der Waals surface area contributed by atoms with E-state index in [9.17, 15) is 0 Å². The van der Waals surface area contributed by atoms with E-state index >= 15 is 0 Å². The summed E-state index contributed by atoms with van der Waals surface area (Å²) >= 11 is 0. The van der Waals surface area contributed by atoms with Gasteiger partial charge in [0.1, 0.15) is 0 Å². The van der Waals surface area contributed by atoms with Gasteiger partial charge in [-0.2, -0.15) is 0 Å². The SMILES string of the molecule is CCCC[Si](C)(O[Si](C)(C)C)O[Si](C)(CCC)O[Si](C)(C)C. The van der Waals surface area contributed by atoms with Crippen LogP contribution in [0.1, 0.15) is 33.1 Å². The Labute approximate surface area is 143 Å². The summed E-state index contributed by atoms with van der Waals surface area (Å²) in [5.41, 5.74) is 0. The van der Waals surface area contributed by atoms with Gasteiger partial charge in [0.2, 0.25) is 0 Å². The molecule has 0 saturated carbocycles. The summed E-state index contributed by atoms with van der Waals surface area (Å²) in [5.74, 6) is 0. The second-order valence-electron chi connectivity index (χ2n) is 8.65. The van der Waals surface area contributed by atoms with E-state index in [1.807, 2.05) is 0 Å². The van der Waals surface area contributed by atoms with Crippen molar-refractivity contribution in [1.29, 1.82) is 0 Å². The molecule has 0 amide bonds. The molecule has 0 heterocycles. The van der Waals surface area contributed by atoms with Gasteiger partial charge >= 0.3 is 17.1 Å². The van der Waals surface area contributed by atoms with Crippen molar-refractivity contribution in [1.82, 2.24) is 0 Å². The monoisotopic (exact) mass is 380 g/mol. The third-order valence-electron chi connectivity index (χ3n) is 3.16. The minimum absolute atomic E-state index is 1.07. The van der Waals surface area contributed by atoms with Crippen molar-refractivity contribution in [3.8, 4) is 0 Å². The van der Waals surface area contributed by atoms with E-state index < -0.39 is 33.8 Å². The molecule has 2 unspecified atom stereocenters.